The van der Waals surface area contributed by atoms with Crippen LogP contribution in [0.1, 0.15) is 52.9 Å². The number of nitrogens with one attached hydrogen (secondary N) is 2. The average molecular weight is 299 g/mol. The number of rotatable bonds is 6. The summed E-state index contributed by atoms with van der Waals surface area (Å²) in [4.78, 5) is 23.5. The van der Waals surface area contributed by atoms with E-state index in [0.717, 1.165) is 25.7 Å². The second-order valence-corrected chi connectivity index (χ2v) is 6.82. The summed E-state index contributed by atoms with van der Waals surface area (Å²) in [6.07, 6.45) is 4.16. The van der Waals surface area contributed by atoms with Crippen molar-refractivity contribution in [2.75, 3.05) is 6.61 Å². The van der Waals surface area contributed by atoms with Gasteiger partial charge in [0.2, 0.25) is 5.91 Å². The van der Waals surface area contributed by atoms with E-state index in [-0.39, 0.29) is 18.4 Å². The number of aliphatic hydroxyl groups is 1. The topological polar surface area (TPSA) is 104 Å². The monoisotopic (exact) mass is 299 g/mol. The van der Waals surface area contributed by atoms with E-state index in [1.165, 1.54) is 0 Å². The summed E-state index contributed by atoms with van der Waals surface area (Å²) in [5, 5.41) is 15.2. The zero-order valence-corrected chi connectivity index (χ0v) is 13.3. The molecule has 0 bridgehead atoms. The van der Waals surface area contributed by atoms with Crippen LogP contribution < -0.4 is 16.4 Å². The molecule has 122 valence electrons. The second-order valence-electron chi connectivity index (χ2n) is 6.82. The van der Waals surface area contributed by atoms with Crippen LogP contribution in [-0.2, 0) is 4.79 Å². The molecule has 1 rings (SSSR count). The number of amides is 3. The van der Waals surface area contributed by atoms with Gasteiger partial charge in [-0.3, -0.25) is 4.79 Å². The molecular formula is C15H29N3O3. The lowest BCUT2D eigenvalue weighted by Crippen LogP contribution is -2.59. The number of hydrogen-bond donors (Lipinski definition) is 4. The normalized spacial score (nSPS) is 27.2. The van der Waals surface area contributed by atoms with Crippen molar-refractivity contribution in [3.63, 3.8) is 0 Å². The Morgan fingerprint density at radius 3 is 2.57 bits per heavy atom. The molecule has 0 aromatic heterocycles. The van der Waals surface area contributed by atoms with E-state index in [0.29, 0.717) is 12.3 Å². The van der Waals surface area contributed by atoms with Crippen molar-refractivity contribution < 1.29 is 14.7 Å². The minimum atomic E-state index is -0.703. The zero-order chi connectivity index (χ0) is 16.0. The van der Waals surface area contributed by atoms with Crippen LogP contribution in [0.4, 0.5) is 4.79 Å². The van der Waals surface area contributed by atoms with Crippen LogP contribution in [0.2, 0.25) is 0 Å². The van der Waals surface area contributed by atoms with Crippen LogP contribution in [-0.4, -0.2) is 35.2 Å². The molecule has 6 nitrogen and oxygen atoms in total. The summed E-state index contributed by atoms with van der Waals surface area (Å²) in [5.41, 5.74) is 4.58. The molecule has 0 radical (unpaired) electrons. The van der Waals surface area contributed by atoms with Gasteiger partial charge in [-0.05, 0) is 31.1 Å². The summed E-state index contributed by atoms with van der Waals surface area (Å²) in [6.45, 7) is 6.01. The van der Waals surface area contributed by atoms with Gasteiger partial charge in [0.05, 0.1) is 12.1 Å². The molecule has 3 amide bonds. The van der Waals surface area contributed by atoms with Crippen molar-refractivity contribution in [1.82, 2.24) is 10.6 Å². The maximum absolute atomic E-state index is 12.5. The molecule has 0 saturated heterocycles. The van der Waals surface area contributed by atoms with Gasteiger partial charge in [-0.25, -0.2) is 4.79 Å². The first-order valence-corrected chi connectivity index (χ1v) is 7.77. The van der Waals surface area contributed by atoms with Crippen molar-refractivity contribution in [3.05, 3.63) is 0 Å². The molecule has 1 aliphatic rings. The number of hydrogen-bond acceptors (Lipinski definition) is 3. The highest BCUT2D eigenvalue weighted by molar-refractivity contribution is 5.87. The average Bonchev–Trinajstić information content (AvgIpc) is 2.36. The van der Waals surface area contributed by atoms with Gasteiger partial charge in [0, 0.05) is 0 Å². The van der Waals surface area contributed by atoms with Crippen LogP contribution in [0.25, 0.3) is 0 Å². The SMILES string of the molecule is CC(C)CC(NC(N)=O)C(=O)NC1(CO)CCCC(C)C1. The third-order valence-corrected chi connectivity index (χ3v) is 4.12. The minimum absolute atomic E-state index is 0.0753. The molecule has 0 aromatic rings. The maximum Gasteiger partial charge on any atom is 0.312 e. The molecule has 3 atom stereocenters. The molecule has 0 heterocycles. The molecule has 3 unspecified atom stereocenters. The first-order chi connectivity index (χ1) is 9.78. The Kier molecular flexibility index (Phi) is 6.45. The van der Waals surface area contributed by atoms with E-state index < -0.39 is 17.6 Å². The zero-order valence-electron chi connectivity index (χ0n) is 13.3. The summed E-state index contributed by atoms with van der Waals surface area (Å²) < 4.78 is 0. The molecular weight excluding hydrogens is 270 g/mol. The van der Waals surface area contributed by atoms with E-state index in [9.17, 15) is 14.7 Å². The van der Waals surface area contributed by atoms with Crippen molar-refractivity contribution in [1.29, 1.82) is 0 Å². The van der Waals surface area contributed by atoms with Gasteiger partial charge in [0.1, 0.15) is 6.04 Å². The van der Waals surface area contributed by atoms with Gasteiger partial charge in [0.15, 0.2) is 0 Å². The highest BCUT2D eigenvalue weighted by atomic mass is 16.3. The second kappa shape index (κ2) is 7.64. The lowest BCUT2D eigenvalue weighted by Gasteiger charge is -2.40. The largest absolute Gasteiger partial charge is 0.394 e. The number of nitrogens with two attached hydrogens (primary N) is 1. The Balaban J connectivity index is 2.75. The summed E-state index contributed by atoms with van der Waals surface area (Å²) in [6, 6.07) is -1.35. The highest BCUT2D eigenvalue weighted by Gasteiger charge is 2.37. The van der Waals surface area contributed by atoms with Crippen LogP contribution in [0.15, 0.2) is 0 Å². The quantitative estimate of drug-likeness (QED) is 0.591. The summed E-state index contributed by atoms with van der Waals surface area (Å²) >= 11 is 0. The van der Waals surface area contributed by atoms with Crippen LogP contribution >= 0.6 is 0 Å². The predicted octanol–water partition coefficient (Wildman–Crippen LogP) is 1.13. The Morgan fingerprint density at radius 1 is 1.43 bits per heavy atom. The Morgan fingerprint density at radius 2 is 2.10 bits per heavy atom. The van der Waals surface area contributed by atoms with E-state index in [1.807, 2.05) is 13.8 Å². The van der Waals surface area contributed by atoms with Gasteiger partial charge < -0.3 is 21.5 Å². The standard InChI is InChI=1S/C15H29N3O3/c1-10(2)7-12(17-14(16)21)13(20)18-15(9-19)6-4-5-11(3)8-15/h10-12,19H,4-9H2,1-3H3,(H,18,20)(H3,16,17,21). The Hall–Kier alpha value is -1.30. The summed E-state index contributed by atoms with van der Waals surface area (Å²) in [7, 11) is 0. The summed E-state index contributed by atoms with van der Waals surface area (Å²) in [5.74, 6) is 0.465. The number of carbonyl (C=O) groups excluding carboxylic acids is 2. The van der Waals surface area contributed by atoms with Gasteiger partial charge in [-0.2, -0.15) is 0 Å². The molecule has 0 aliphatic heterocycles. The maximum atomic E-state index is 12.5. The Labute approximate surface area is 126 Å². The number of aliphatic hydroxyl groups excluding tert-OH is 1. The number of urea groups is 1. The van der Waals surface area contributed by atoms with Crippen LogP contribution in [0.3, 0.4) is 0 Å². The van der Waals surface area contributed by atoms with E-state index in [2.05, 4.69) is 17.6 Å². The van der Waals surface area contributed by atoms with Crippen molar-refractivity contribution in [3.8, 4) is 0 Å². The molecule has 0 aromatic carbocycles. The third kappa shape index (κ3) is 5.53. The molecule has 21 heavy (non-hydrogen) atoms. The third-order valence-electron chi connectivity index (χ3n) is 4.12. The fraction of sp³-hybridized carbons (Fsp3) is 0.867. The predicted molar refractivity (Wildman–Crippen MR) is 81.6 cm³/mol. The van der Waals surface area contributed by atoms with E-state index in [1.54, 1.807) is 0 Å². The lowest BCUT2D eigenvalue weighted by atomic mass is 9.76. The fourth-order valence-corrected chi connectivity index (χ4v) is 3.18. The first kappa shape index (κ1) is 17.8. The lowest BCUT2D eigenvalue weighted by molar-refractivity contribution is -0.126. The van der Waals surface area contributed by atoms with Crippen molar-refractivity contribution in [2.45, 2.75) is 64.5 Å². The van der Waals surface area contributed by atoms with Crippen molar-refractivity contribution >= 4 is 11.9 Å². The molecule has 1 aliphatic carbocycles. The van der Waals surface area contributed by atoms with Gasteiger partial charge in [0.25, 0.3) is 0 Å². The smallest absolute Gasteiger partial charge is 0.312 e. The van der Waals surface area contributed by atoms with Crippen molar-refractivity contribution in [2.24, 2.45) is 17.6 Å². The number of primary amides is 1. The fourth-order valence-electron chi connectivity index (χ4n) is 3.18. The highest BCUT2D eigenvalue weighted by Crippen LogP contribution is 2.32. The minimum Gasteiger partial charge on any atom is -0.394 e. The van der Waals surface area contributed by atoms with E-state index >= 15 is 0 Å². The molecule has 1 fully saturated rings. The van der Waals surface area contributed by atoms with E-state index in [4.69, 9.17) is 5.73 Å². The molecule has 6 heteroatoms. The van der Waals surface area contributed by atoms with Crippen LogP contribution in [0, 0.1) is 11.8 Å². The molecule has 0 spiro atoms. The van der Waals surface area contributed by atoms with Crippen LogP contribution in [0.5, 0.6) is 0 Å². The number of carbonyl (C=O) groups is 2. The molecule has 5 N–H and O–H groups in total. The van der Waals surface area contributed by atoms with Gasteiger partial charge >= 0.3 is 6.03 Å². The van der Waals surface area contributed by atoms with Gasteiger partial charge in [-0.1, -0.05) is 33.6 Å². The first-order valence-electron chi connectivity index (χ1n) is 7.77. The molecule has 1 saturated carbocycles. The Bertz CT molecular complexity index is 373. The van der Waals surface area contributed by atoms with Gasteiger partial charge in [-0.15, -0.1) is 0 Å².